The summed E-state index contributed by atoms with van der Waals surface area (Å²) in [5.41, 5.74) is 0. The first-order valence-corrected chi connectivity index (χ1v) is 4.41. The van der Waals surface area contributed by atoms with Gasteiger partial charge in [0.1, 0.15) is 5.17 Å². The Balaban J connectivity index is 2.23. The lowest BCUT2D eigenvalue weighted by atomic mass is 10.2. The van der Waals surface area contributed by atoms with E-state index in [1.54, 1.807) is 0 Å². The zero-order valence-electron chi connectivity index (χ0n) is 7.29. The van der Waals surface area contributed by atoms with Crippen molar-refractivity contribution in [3.63, 3.8) is 0 Å². The van der Waals surface area contributed by atoms with Gasteiger partial charge in [-0.2, -0.15) is 0 Å². The largest absolute Gasteiger partial charge is 0.293 e. The van der Waals surface area contributed by atoms with Crippen molar-refractivity contribution in [2.75, 3.05) is 27.4 Å². The first-order chi connectivity index (χ1) is 5.70. The topological polar surface area (TPSA) is 30.9 Å². The molecule has 68 valence electrons. The monoisotopic (exact) mass is 188 g/mol. The van der Waals surface area contributed by atoms with E-state index in [0.29, 0.717) is 18.0 Å². The Kier molecular flexibility index (Phi) is 2.08. The summed E-state index contributed by atoms with van der Waals surface area (Å²) in [6.07, 6.45) is 0.370. The van der Waals surface area contributed by atoms with Crippen LogP contribution >= 0.6 is 11.6 Å². The van der Waals surface area contributed by atoms with E-state index in [1.165, 1.54) is 0 Å². The molecule has 4 nitrogen and oxygen atoms in total. The predicted octanol–water partition coefficient (Wildman–Crippen LogP) is -0.286. The highest BCUT2D eigenvalue weighted by Gasteiger charge is 2.39. The van der Waals surface area contributed by atoms with Gasteiger partial charge in [-0.15, -0.1) is 0 Å². The molecule has 1 saturated heterocycles. The second-order valence-corrected chi connectivity index (χ2v) is 3.78. The van der Waals surface area contributed by atoms with Crippen molar-refractivity contribution in [3.8, 4) is 0 Å². The molecule has 0 aromatic heterocycles. The van der Waals surface area contributed by atoms with Gasteiger partial charge in [0.15, 0.2) is 0 Å². The molecule has 1 fully saturated rings. The summed E-state index contributed by atoms with van der Waals surface area (Å²) < 4.78 is 0. The number of rotatable bonds is 0. The molecular formula is C7H13ClN4. The summed E-state index contributed by atoms with van der Waals surface area (Å²) in [5, 5.41) is 4.02. The molecule has 0 spiro atoms. The molecule has 5 heteroatoms. The van der Waals surface area contributed by atoms with Crippen LogP contribution in [-0.2, 0) is 0 Å². The maximum Gasteiger partial charge on any atom is 0.122 e. The van der Waals surface area contributed by atoms with Gasteiger partial charge in [-0.1, -0.05) is 11.6 Å². The number of likely N-dealkylation sites (N-methyl/N-ethyl adjacent to an activating group) is 2. The molecule has 2 unspecified atom stereocenters. The highest BCUT2D eigenvalue weighted by atomic mass is 35.5. The number of fused-ring (bicyclic) bond motifs is 1. The number of nitrogens with zero attached hydrogens (tertiary/aromatic N) is 3. The van der Waals surface area contributed by atoms with Crippen molar-refractivity contribution in [3.05, 3.63) is 0 Å². The van der Waals surface area contributed by atoms with Gasteiger partial charge >= 0.3 is 0 Å². The van der Waals surface area contributed by atoms with Crippen molar-refractivity contribution in [2.45, 2.75) is 12.2 Å². The Morgan fingerprint density at radius 3 is 2.92 bits per heavy atom. The number of halogens is 1. The fraction of sp³-hybridized carbons (Fsp3) is 0.857. The quantitative estimate of drug-likeness (QED) is 0.567. The molecule has 0 radical (unpaired) electrons. The zero-order valence-corrected chi connectivity index (χ0v) is 8.04. The molecule has 0 aromatic rings. The van der Waals surface area contributed by atoms with Gasteiger partial charge in [0.2, 0.25) is 0 Å². The molecule has 0 bridgehead atoms. The lowest BCUT2D eigenvalue weighted by Gasteiger charge is -2.34. The van der Waals surface area contributed by atoms with Crippen LogP contribution in [0.25, 0.3) is 0 Å². The average molecular weight is 189 g/mol. The third kappa shape index (κ3) is 1.15. The number of nitrogens with one attached hydrogen (secondary N) is 1. The van der Waals surface area contributed by atoms with Crippen LogP contribution in [0.2, 0.25) is 0 Å². The van der Waals surface area contributed by atoms with E-state index in [9.17, 15) is 0 Å². The lowest BCUT2D eigenvalue weighted by Crippen LogP contribution is -2.52. The Labute approximate surface area is 77.2 Å². The van der Waals surface area contributed by atoms with Gasteiger partial charge in [0.25, 0.3) is 0 Å². The summed E-state index contributed by atoms with van der Waals surface area (Å²) in [5.74, 6) is 0. The average Bonchev–Trinajstić information content (AvgIpc) is 2.42. The Morgan fingerprint density at radius 1 is 1.50 bits per heavy atom. The highest BCUT2D eigenvalue weighted by Crippen LogP contribution is 2.19. The van der Waals surface area contributed by atoms with Crippen LogP contribution in [0, 0.1) is 0 Å². The third-order valence-corrected chi connectivity index (χ3v) is 2.82. The lowest BCUT2D eigenvalue weighted by molar-refractivity contribution is 0.117. The Hall–Kier alpha value is -0.160. The standard InChI is InChI=1S/C7H13ClN4/c1-11-3-9-5-6(8)10-4-12(2)7(5)11/h5,7,9H,3-4H2,1-2H3. The number of aliphatic imine (C=N–C) groups is 1. The van der Waals surface area contributed by atoms with Crippen LogP contribution in [0.5, 0.6) is 0 Å². The van der Waals surface area contributed by atoms with Crippen molar-refractivity contribution in [1.82, 2.24) is 15.1 Å². The highest BCUT2D eigenvalue weighted by molar-refractivity contribution is 6.66. The summed E-state index contributed by atoms with van der Waals surface area (Å²) in [6, 6.07) is 0.204. The molecule has 2 aliphatic heterocycles. The first-order valence-electron chi connectivity index (χ1n) is 4.04. The van der Waals surface area contributed by atoms with Gasteiger partial charge < -0.3 is 0 Å². The number of hydrogen-bond donors (Lipinski definition) is 1. The van der Waals surface area contributed by atoms with Crippen LogP contribution in [0.15, 0.2) is 4.99 Å². The fourth-order valence-corrected chi connectivity index (χ4v) is 2.10. The van der Waals surface area contributed by atoms with E-state index < -0.39 is 0 Å². The maximum absolute atomic E-state index is 5.98. The van der Waals surface area contributed by atoms with Gasteiger partial charge in [0, 0.05) is 6.67 Å². The molecule has 2 aliphatic rings. The smallest absolute Gasteiger partial charge is 0.122 e. The molecule has 2 rings (SSSR count). The SMILES string of the molecule is CN1CN=C(Cl)C2NCN(C)C21. The molecule has 0 saturated carbocycles. The van der Waals surface area contributed by atoms with Gasteiger partial charge in [-0.25, -0.2) is 0 Å². The van der Waals surface area contributed by atoms with Crippen molar-refractivity contribution >= 4 is 16.8 Å². The van der Waals surface area contributed by atoms with Gasteiger partial charge in [-0.05, 0) is 14.1 Å². The molecule has 0 aliphatic carbocycles. The molecule has 12 heavy (non-hydrogen) atoms. The van der Waals surface area contributed by atoms with Crippen molar-refractivity contribution in [1.29, 1.82) is 0 Å². The van der Waals surface area contributed by atoms with Crippen LogP contribution in [0.4, 0.5) is 0 Å². The minimum absolute atomic E-state index is 0.204. The van der Waals surface area contributed by atoms with Crippen LogP contribution in [-0.4, -0.2) is 54.6 Å². The van der Waals surface area contributed by atoms with Crippen LogP contribution < -0.4 is 5.32 Å². The van der Waals surface area contributed by atoms with Crippen LogP contribution in [0.1, 0.15) is 0 Å². The van der Waals surface area contributed by atoms with Gasteiger partial charge in [0.05, 0.1) is 18.9 Å². The Bertz CT molecular complexity index is 217. The molecule has 2 heterocycles. The molecule has 0 aromatic carbocycles. The molecule has 2 atom stereocenters. The van der Waals surface area contributed by atoms with E-state index in [4.69, 9.17) is 11.6 Å². The van der Waals surface area contributed by atoms with E-state index in [-0.39, 0.29) is 6.04 Å². The van der Waals surface area contributed by atoms with Crippen molar-refractivity contribution in [2.24, 2.45) is 4.99 Å². The molecule has 0 amide bonds. The second-order valence-electron chi connectivity index (χ2n) is 3.39. The summed E-state index contributed by atoms with van der Waals surface area (Å²) in [4.78, 5) is 8.64. The molecule has 1 N–H and O–H groups in total. The van der Waals surface area contributed by atoms with Crippen LogP contribution in [0.3, 0.4) is 0 Å². The zero-order chi connectivity index (χ0) is 8.72. The second kappa shape index (κ2) is 2.96. The first kappa shape index (κ1) is 8.44. The van der Waals surface area contributed by atoms with E-state index >= 15 is 0 Å². The van der Waals surface area contributed by atoms with E-state index in [2.05, 4.69) is 34.2 Å². The number of hydrogen-bond acceptors (Lipinski definition) is 4. The fourth-order valence-electron chi connectivity index (χ4n) is 1.86. The van der Waals surface area contributed by atoms with Gasteiger partial charge in [-0.3, -0.25) is 20.1 Å². The van der Waals surface area contributed by atoms with E-state index in [1.807, 2.05) is 0 Å². The minimum atomic E-state index is 0.204. The van der Waals surface area contributed by atoms with Crippen molar-refractivity contribution < 1.29 is 0 Å². The normalized spacial score (nSPS) is 38.1. The Morgan fingerprint density at radius 2 is 2.25 bits per heavy atom. The minimum Gasteiger partial charge on any atom is -0.293 e. The summed E-state index contributed by atoms with van der Waals surface area (Å²) in [6.45, 7) is 1.58. The maximum atomic E-state index is 5.98. The van der Waals surface area contributed by atoms with E-state index in [0.717, 1.165) is 6.67 Å². The summed E-state index contributed by atoms with van der Waals surface area (Å²) >= 11 is 5.98. The predicted molar refractivity (Wildman–Crippen MR) is 49.3 cm³/mol. The molecular weight excluding hydrogens is 176 g/mol. The third-order valence-electron chi connectivity index (χ3n) is 2.46. The summed E-state index contributed by atoms with van der Waals surface area (Å²) in [7, 11) is 4.15.